The highest BCUT2D eigenvalue weighted by Crippen LogP contribution is 2.60. The number of halogens is 1. The minimum atomic E-state index is -0.194. The molecule has 2 atom stereocenters. The predicted molar refractivity (Wildman–Crippen MR) is 199 cm³/mol. The van der Waals surface area contributed by atoms with Crippen LogP contribution >= 0.6 is 0 Å². The van der Waals surface area contributed by atoms with Gasteiger partial charge in [-0.1, -0.05) is 98.5 Å². The van der Waals surface area contributed by atoms with Crippen molar-refractivity contribution in [2.45, 2.75) is 84.7 Å². The molecule has 48 heavy (non-hydrogen) atoms. The average molecular weight is 638 g/mol. The Morgan fingerprint density at radius 3 is 2.52 bits per heavy atom. The highest BCUT2D eigenvalue weighted by Gasteiger charge is 2.53. The molecule has 246 valence electrons. The normalized spacial score (nSPS) is 22.3. The van der Waals surface area contributed by atoms with Gasteiger partial charge in [0.25, 0.3) is 0 Å². The molecule has 2 saturated carbocycles. The molecular weight excluding hydrogens is 589 g/mol. The Morgan fingerprint density at radius 1 is 1.06 bits per heavy atom. The number of Topliss-reactive ketones (excluding diaryl/α,β-unsaturated/α-hetero) is 1. The number of nitrogens with one attached hydrogen (secondary N) is 1. The lowest BCUT2D eigenvalue weighted by molar-refractivity contribution is -0.118. The number of carbonyl (C=O) groups is 1. The van der Waals surface area contributed by atoms with E-state index in [0.29, 0.717) is 36.3 Å². The van der Waals surface area contributed by atoms with Crippen molar-refractivity contribution in [2.24, 2.45) is 16.7 Å². The standard InChI is InChI=1S/C45H48FNO/c1-6-11-32-24-34(25-42(46)40(32)28-47-35-14-8-12-29(3)22-35)38-16-10-17-39(36(38)7-2)37-15-9-13-33(31(37)5)26-45(20-21-45)41-23-30(4)44(18-19-44)27-43(41)48/h6-7,9-11,13,15-19,23-25,30,35,47H,2-3,8,12,14,20-22,26-28H2,1,4-5H3/b11-6-/t30?,35-/m0/s1. The Kier molecular flexibility index (Phi) is 8.62. The summed E-state index contributed by atoms with van der Waals surface area (Å²) in [5.41, 5.74) is 11.5. The van der Waals surface area contributed by atoms with Crippen molar-refractivity contribution in [3.05, 3.63) is 131 Å². The van der Waals surface area contributed by atoms with Gasteiger partial charge in [0.2, 0.25) is 0 Å². The van der Waals surface area contributed by atoms with E-state index in [-0.39, 0.29) is 16.6 Å². The Balaban J connectivity index is 1.19. The average Bonchev–Trinajstić information content (AvgIpc) is 4.01. The zero-order valence-electron chi connectivity index (χ0n) is 28.8. The second-order valence-electron chi connectivity index (χ2n) is 14.9. The lowest BCUT2D eigenvalue weighted by Crippen LogP contribution is -2.31. The monoisotopic (exact) mass is 637 g/mol. The van der Waals surface area contributed by atoms with Crippen molar-refractivity contribution in [3.8, 4) is 22.3 Å². The lowest BCUT2D eigenvalue weighted by Gasteiger charge is -2.31. The van der Waals surface area contributed by atoms with Crippen LogP contribution in [0.1, 0.15) is 86.6 Å². The largest absolute Gasteiger partial charge is 0.309 e. The van der Waals surface area contributed by atoms with E-state index in [0.717, 1.165) is 83.9 Å². The Hall–Kier alpha value is -4.08. The van der Waals surface area contributed by atoms with Gasteiger partial charge in [-0.25, -0.2) is 4.39 Å². The zero-order chi connectivity index (χ0) is 33.6. The van der Waals surface area contributed by atoms with Gasteiger partial charge in [-0.05, 0) is 127 Å². The van der Waals surface area contributed by atoms with Crippen LogP contribution in [0.4, 0.5) is 4.39 Å². The molecule has 4 aliphatic carbocycles. The molecule has 1 N–H and O–H groups in total. The minimum Gasteiger partial charge on any atom is -0.309 e. The van der Waals surface area contributed by atoms with Crippen molar-refractivity contribution >= 4 is 17.9 Å². The number of allylic oxidation sites excluding steroid dienone is 5. The Bertz CT molecular complexity index is 1890. The molecule has 0 heterocycles. The van der Waals surface area contributed by atoms with Crippen molar-refractivity contribution in [1.82, 2.24) is 5.32 Å². The molecule has 0 bridgehead atoms. The molecule has 2 nitrogen and oxygen atoms in total. The van der Waals surface area contributed by atoms with Crippen molar-refractivity contribution in [3.63, 3.8) is 0 Å². The number of benzene rings is 3. The van der Waals surface area contributed by atoms with E-state index in [4.69, 9.17) is 0 Å². The summed E-state index contributed by atoms with van der Waals surface area (Å²) in [5.74, 6) is 0.520. The van der Waals surface area contributed by atoms with Crippen LogP contribution < -0.4 is 5.32 Å². The quantitative estimate of drug-likeness (QED) is 0.224. The van der Waals surface area contributed by atoms with Crippen LogP contribution in [0.15, 0.2) is 97.1 Å². The highest BCUT2D eigenvalue weighted by molar-refractivity contribution is 5.99. The molecule has 0 aliphatic heterocycles. The smallest absolute Gasteiger partial charge is 0.160 e. The van der Waals surface area contributed by atoms with E-state index < -0.39 is 0 Å². The van der Waals surface area contributed by atoms with Gasteiger partial charge < -0.3 is 5.32 Å². The van der Waals surface area contributed by atoms with Gasteiger partial charge in [-0.15, -0.1) is 0 Å². The first-order valence-electron chi connectivity index (χ1n) is 17.8. The summed E-state index contributed by atoms with van der Waals surface area (Å²) < 4.78 is 16.0. The predicted octanol–water partition coefficient (Wildman–Crippen LogP) is 11.1. The number of rotatable bonds is 10. The summed E-state index contributed by atoms with van der Waals surface area (Å²) in [7, 11) is 0. The lowest BCUT2D eigenvalue weighted by atomic mass is 9.71. The van der Waals surface area contributed by atoms with Gasteiger partial charge in [0.05, 0.1) is 0 Å². The topological polar surface area (TPSA) is 29.1 Å². The van der Waals surface area contributed by atoms with Gasteiger partial charge >= 0.3 is 0 Å². The molecular formula is C45H48FNO. The summed E-state index contributed by atoms with van der Waals surface area (Å²) in [5, 5.41) is 3.61. The summed E-state index contributed by atoms with van der Waals surface area (Å²) in [4.78, 5) is 13.4. The van der Waals surface area contributed by atoms with Gasteiger partial charge in [-0.2, -0.15) is 0 Å². The zero-order valence-corrected chi connectivity index (χ0v) is 28.8. The van der Waals surface area contributed by atoms with E-state index in [1.165, 1.54) is 16.7 Å². The summed E-state index contributed by atoms with van der Waals surface area (Å²) >= 11 is 0. The van der Waals surface area contributed by atoms with Crippen LogP contribution in [0.25, 0.3) is 34.4 Å². The molecule has 3 aromatic rings. The first kappa shape index (κ1) is 32.5. The molecule has 4 aliphatic rings. The third kappa shape index (κ3) is 6.03. The first-order chi connectivity index (χ1) is 23.2. The van der Waals surface area contributed by atoms with E-state index in [1.54, 1.807) is 6.07 Å². The van der Waals surface area contributed by atoms with Crippen LogP contribution in [-0.4, -0.2) is 11.8 Å². The Morgan fingerprint density at radius 2 is 1.81 bits per heavy atom. The molecule has 1 spiro atoms. The number of ketones is 1. The van der Waals surface area contributed by atoms with Crippen LogP contribution in [0, 0.1) is 29.5 Å². The molecule has 3 heteroatoms. The maximum Gasteiger partial charge on any atom is 0.160 e. The molecule has 2 fully saturated rings. The fourth-order valence-electron chi connectivity index (χ4n) is 8.43. The van der Waals surface area contributed by atoms with E-state index in [9.17, 15) is 4.79 Å². The third-order valence-corrected chi connectivity index (χ3v) is 11.7. The molecule has 0 saturated heterocycles. The fourth-order valence-corrected chi connectivity index (χ4v) is 8.43. The van der Waals surface area contributed by atoms with Crippen LogP contribution in [0.5, 0.6) is 0 Å². The third-order valence-electron chi connectivity index (χ3n) is 11.7. The van der Waals surface area contributed by atoms with Crippen LogP contribution in [-0.2, 0) is 17.8 Å². The Labute approximate surface area is 286 Å². The molecule has 0 amide bonds. The first-order valence-corrected chi connectivity index (χ1v) is 17.8. The van der Waals surface area contributed by atoms with E-state index >= 15 is 4.39 Å². The maximum atomic E-state index is 16.0. The van der Waals surface area contributed by atoms with Crippen LogP contribution in [0.2, 0.25) is 0 Å². The van der Waals surface area contributed by atoms with E-state index in [1.807, 2.05) is 25.2 Å². The molecule has 3 aromatic carbocycles. The SMILES string of the molecule is C=Cc1c(-c2cc(F)c(CN[C@H]3CCCC(=C)C3)c(/C=C\C)c2)cccc1-c1cccc(CC2(C3=CC(C)C4(C=C4)CC3=O)CC2)c1C. The van der Waals surface area contributed by atoms with Gasteiger partial charge in [0, 0.05) is 35.4 Å². The number of hydrogen-bond acceptors (Lipinski definition) is 2. The number of carbonyl (C=O) groups excluding carboxylic acids is 1. The molecule has 1 unspecified atom stereocenters. The second kappa shape index (κ2) is 12.7. The van der Waals surface area contributed by atoms with E-state index in [2.05, 4.69) is 93.0 Å². The minimum absolute atomic E-state index is 0.0111. The summed E-state index contributed by atoms with van der Waals surface area (Å²) in [6.07, 6.45) is 20.5. The molecule has 7 rings (SSSR count). The second-order valence-corrected chi connectivity index (χ2v) is 14.9. The van der Waals surface area contributed by atoms with Crippen molar-refractivity contribution in [1.29, 1.82) is 0 Å². The van der Waals surface area contributed by atoms with Crippen molar-refractivity contribution < 1.29 is 9.18 Å². The molecule has 0 aromatic heterocycles. The van der Waals surface area contributed by atoms with Gasteiger partial charge in [0.1, 0.15) is 5.82 Å². The summed E-state index contributed by atoms with van der Waals surface area (Å²) in [6.45, 7) is 15.3. The molecule has 0 radical (unpaired) electrons. The van der Waals surface area contributed by atoms with Crippen LogP contribution in [0.3, 0.4) is 0 Å². The van der Waals surface area contributed by atoms with Gasteiger partial charge in [0.15, 0.2) is 5.78 Å². The summed E-state index contributed by atoms with van der Waals surface area (Å²) in [6, 6.07) is 17.0. The maximum absolute atomic E-state index is 16.0. The fraction of sp³-hybridized carbons (Fsp3) is 0.356. The highest BCUT2D eigenvalue weighted by atomic mass is 19.1. The van der Waals surface area contributed by atoms with Crippen molar-refractivity contribution in [2.75, 3.05) is 0 Å². The number of hydrogen-bond donors (Lipinski definition) is 1. The van der Waals surface area contributed by atoms with Gasteiger partial charge in [-0.3, -0.25) is 4.79 Å².